The summed E-state index contributed by atoms with van der Waals surface area (Å²) in [6.45, 7) is 0. The summed E-state index contributed by atoms with van der Waals surface area (Å²) in [5, 5.41) is 22.5. The second-order valence-electron chi connectivity index (χ2n) is 1.80. The second kappa shape index (κ2) is 5.86. The van der Waals surface area contributed by atoms with Crippen LogP contribution in [0.1, 0.15) is 0 Å². The molecular weight excluding hydrogens is 158 g/mol. The molecule has 0 unspecified atom stereocenters. The van der Waals surface area contributed by atoms with Crippen molar-refractivity contribution in [1.82, 2.24) is 0 Å². The van der Waals surface area contributed by atoms with E-state index in [1.165, 1.54) is 0 Å². The van der Waals surface area contributed by atoms with E-state index >= 15 is 0 Å². The van der Waals surface area contributed by atoms with E-state index in [1.54, 1.807) is 31.4 Å². The maximum absolute atomic E-state index is 8.80. The second-order valence-corrected chi connectivity index (χ2v) is 1.80. The first-order chi connectivity index (χ1) is 5.74. The number of phenolic OH excluding ortho intramolecular Hbond substituents is 1. The van der Waals surface area contributed by atoms with Crippen LogP contribution in [-0.4, -0.2) is 17.3 Å². The minimum atomic E-state index is 0.260. The standard InChI is InChI=1S/C7H8O2.CHNO/c1-9-7-4-2-6(8)3-5-7;2-1-3/h2-5,8H,1H3;3H. The van der Waals surface area contributed by atoms with Crippen molar-refractivity contribution in [2.75, 3.05) is 7.11 Å². The normalized spacial score (nSPS) is 7.33. The van der Waals surface area contributed by atoms with Crippen molar-refractivity contribution in [3.8, 4) is 17.8 Å². The lowest BCUT2D eigenvalue weighted by atomic mass is 10.3. The number of methoxy groups -OCH3 is 1. The molecule has 0 fully saturated rings. The van der Waals surface area contributed by atoms with Gasteiger partial charge in [-0.05, 0) is 24.3 Å². The summed E-state index contributed by atoms with van der Waals surface area (Å²) in [6.07, 6.45) is 0.750. The minimum Gasteiger partial charge on any atom is -0.508 e. The molecule has 0 saturated carbocycles. The van der Waals surface area contributed by atoms with Crippen LogP contribution in [0.3, 0.4) is 0 Å². The summed E-state index contributed by atoms with van der Waals surface area (Å²) in [7, 11) is 1.59. The maximum Gasteiger partial charge on any atom is 0.283 e. The van der Waals surface area contributed by atoms with Crippen LogP contribution in [0.4, 0.5) is 0 Å². The first-order valence-electron chi connectivity index (χ1n) is 3.10. The van der Waals surface area contributed by atoms with E-state index in [0.717, 1.165) is 12.0 Å². The Morgan fingerprint density at radius 3 is 2.08 bits per heavy atom. The van der Waals surface area contributed by atoms with E-state index in [0.29, 0.717) is 0 Å². The minimum absolute atomic E-state index is 0.260. The molecule has 0 atom stereocenters. The number of aliphatic hydroxyl groups is 1. The van der Waals surface area contributed by atoms with E-state index in [1.807, 2.05) is 0 Å². The highest BCUT2D eigenvalue weighted by Crippen LogP contribution is 2.14. The number of aliphatic hydroxyl groups excluding tert-OH is 1. The first kappa shape index (κ1) is 10.1. The summed E-state index contributed by atoms with van der Waals surface area (Å²) in [5.41, 5.74) is 0. The molecule has 0 aromatic heterocycles. The van der Waals surface area contributed by atoms with Crippen molar-refractivity contribution >= 4 is 0 Å². The molecule has 0 bridgehead atoms. The van der Waals surface area contributed by atoms with Gasteiger partial charge in [-0.15, -0.1) is 0 Å². The Morgan fingerprint density at radius 2 is 1.75 bits per heavy atom. The van der Waals surface area contributed by atoms with Gasteiger partial charge in [-0.1, -0.05) is 0 Å². The van der Waals surface area contributed by atoms with Crippen molar-refractivity contribution in [2.45, 2.75) is 0 Å². The first-order valence-corrected chi connectivity index (χ1v) is 3.10. The molecule has 0 radical (unpaired) electrons. The Labute approximate surface area is 70.3 Å². The fourth-order valence-corrected chi connectivity index (χ4v) is 0.582. The van der Waals surface area contributed by atoms with Crippen LogP contribution in [0, 0.1) is 11.5 Å². The number of nitrogens with zero attached hydrogens (tertiary/aromatic N) is 1. The number of ether oxygens (including phenoxy) is 1. The zero-order valence-corrected chi connectivity index (χ0v) is 6.56. The molecule has 0 aliphatic carbocycles. The smallest absolute Gasteiger partial charge is 0.283 e. The zero-order valence-electron chi connectivity index (χ0n) is 6.56. The number of hydrogen-bond acceptors (Lipinski definition) is 4. The van der Waals surface area contributed by atoms with Crippen LogP contribution < -0.4 is 4.74 Å². The summed E-state index contributed by atoms with van der Waals surface area (Å²) in [4.78, 5) is 0. The molecule has 0 amide bonds. The molecule has 0 spiro atoms. The summed E-state index contributed by atoms with van der Waals surface area (Å²) in [6, 6.07) is 6.57. The van der Waals surface area contributed by atoms with Crippen molar-refractivity contribution in [2.24, 2.45) is 0 Å². The lowest BCUT2D eigenvalue weighted by Gasteiger charge is -1.96. The van der Waals surface area contributed by atoms with Gasteiger partial charge in [0.2, 0.25) is 0 Å². The van der Waals surface area contributed by atoms with E-state index in [2.05, 4.69) is 0 Å². The summed E-state index contributed by atoms with van der Waals surface area (Å²) >= 11 is 0. The van der Waals surface area contributed by atoms with Crippen LogP contribution in [0.15, 0.2) is 24.3 Å². The van der Waals surface area contributed by atoms with Gasteiger partial charge in [0.1, 0.15) is 11.5 Å². The van der Waals surface area contributed by atoms with Gasteiger partial charge in [-0.2, -0.15) is 5.26 Å². The molecule has 1 aromatic rings. The lowest BCUT2D eigenvalue weighted by Crippen LogP contribution is -1.79. The van der Waals surface area contributed by atoms with Crippen molar-refractivity contribution in [3.63, 3.8) is 0 Å². The van der Waals surface area contributed by atoms with Gasteiger partial charge in [-0.3, -0.25) is 0 Å². The molecule has 0 aliphatic heterocycles. The average molecular weight is 167 g/mol. The van der Waals surface area contributed by atoms with Crippen molar-refractivity contribution in [1.29, 1.82) is 5.26 Å². The number of aromatic hydroxyl groups is 1. The fraction of sp³-hybridized carbons (Fsp3) is 0.125. The molecule has 2 N–H and O–H groups in total. The van der Waals surface area contributed by atoms with Gasteiger partial charge in [0.25, 0.3) is 6.26 Å². The summed E-state index contributed by atoms with van der Waals surface area (Å²) < 4.78 is 4.86. The highest BCUT2D eigenvalue weighted by atomic mass is 16.5. The number of nitriles is 1. The van der Waals surface area contributed by atoms with Gasteiger partial charge < -0.3 is 14.9 Å². The third kappa shape index (κ3) is 4.01. The molecule has 0 aliphatic rings. The van der Waals surface area contributed by atoms with Gasteiger partial charge >= 0.3 is 0 Å². The van der Waals surface area contributed by atoms with E-state index < -0.39 is 0 Å². The average Bonchev–Trinajstić information content (AvgIpc) is 2.07. The SMILES string of the molecule is COc1ccc(O)cc1.N#CO. The quantitative estimate of drug-likeness (QED) is 0.617. The molecule has 0 heterocycles. The van der Waals surface area contributed by atoms with Gasteiger partial charge in [0, 0.05) is 0 Å². The van der Waals surface area contributed by atoms with Crippen LogP contribution in [-0.2, 0) is 0 Å². The van der Waals surface area contributed by atoms with Crippen molar-refractivity contribution < 1.29 is 14.9 Å². The molecule has 4 heteroatoms. The third-order valence-electron chi connectivity index (χ3n) is 1.07. The number of hydrogen-bond donors (Lipinski definition) is 2. The molecular formula is C8H9NO3. The predicted molar refractivity (Wildman–Crippen MR) is 42.2 cm³/mol. The van der Waals surface area contributed by atoms with Crippen LogP contribution >= 0.6 is 0 Å². The van der Waals surface area contributed by atoms with Crippen LogP contribution in [0.25, 0.3) is 0 Å². The molecule has 64 valence electrons. The van der Waals surface area contributed by atoms with E-state index in [-0.39, 0.29) is 5.75 Å². The summed E-state index contributed by atoms with van der Waals surface area (Å²) in [5.74, 6) is 1.02. The largest absolute Gasteiger partial charge is 0.508 e. The molecule has 12 heavy (non-hydrogen) atoms. The molecule has 1 rings (SSSR count). The Morgan fingerprint density at radius 1 is 1.33 bits per heavy atom. The Bertz CT molecular complexity index is 250. The zero-order chi connectivity index (χ0) is 9.40. The monoisotopic (exact) mass is 167 g/mol. The Kier molecular flexibility index (Phi) is 4.94. The lowest BCUT2D eigenvalue weighted by molar-refractivity contribution is 0.412. The Hall–Kier alpha value is -1.89. The highest BCUT2D eigenvalue weighted by molar-refractivity contribution is 5.29. The number of rotatable bonds is 1. The number of benzene rings is 1. The number of phenols is 1. The van der Waals surface area contributed by atoms with Gasteiger partial charge in [0.15, 0.2) is 0 Å². The maximum atomic E-state index is 8.80. The van der Waals surface area contributed by atoms with Crippen LogP contribution in [0.2, 0.25) is 0 Å². The third-order valence-corrected chi connectivity index (χ3v) is 1.07. The molecule has 0 saturated heterocycles. The van der Waals surface area contributed by atoms with Crippen molar-refractivity contribution in [3.05, 3.63) is 24.3 Å². The molecule has 1 aromatic carbocycles. The van der Waals surface area contributed by atoms with Gasteiger partial charge in [-0.25, -0.2) is 0 Å². The molecule has 4 nitrogen and oxygen atoms in total. The van der Waals surface area contributed by atoms with Crippen LogP contribution in [0.5, 0.6) is 11.5 Å². The Balaban J connectivity index is 0.000000354. The van der Waals surface area contributed by atoms with E-state index in [9.17, 15) is 0 Å². The van der Waals surface area contributed by atoms with E-state index in [4.69, 9.17) is 20.2 Å². The predicted octanol–water partition coefficient (Wildman–Crippen LogP) is 1.24. The fourth-order valence-electron chi connectivity index (χ4n) is 0.582. The van der Waals surface area contributed by atoms with Gasteiger partial charge in [0.05, 0.1) is 7.11 Å². The topological polar surface area (TPSA) is 73.5 Å². The highest BCUT2D eigenvalue weighted by Gasteiger charge is 1.87.